The molecular weight excluding hydrogens is 342 g/mol. The molecule has 2 N–H and O–H groups in total. The second kappa shape index (κ2) is 8.27. The number of amides is 1. The molecule has 0 atom stereocenters. The number of piperidine rings is 1. The van der Waals surface area contributed by atoms with E-state index in [1.807, 2.05) is 0 Å². The largest absolute Gasteiger partial charge is 0.384 e. The van der Waals surface area contributed by atoms with Gasteiger partial charge >= 0.3 is 0 Å². The molecule has 140 valence electrons. The summed E-state index contributed by atoms with van der Waals surface area (Å²) >= 11 is 0. The second-order valence-corrected chi connectivity index (χ2v) is 8.83. The van der Waals surface area contributed by atoms with Gasteiger partial charge in [-0.3, -0.25) is 4.79 Å². The van der Waals surface area contributed by atoms with Crippen LogP contribution in [0.1, 0.15) is 23.2 Å². The van der Waals surface area contributed by atoms with E-state index >= 15 is 0 Å². The lowest BCUT2D eigenvalue weighted by Gasteiger charge is -2.37. The van der Waals surface area contributed by atoms with Crippen LogP contribution in [0.5, 0.6) is 0 Å². The van der Waals surface area contributed by atoms with Crippen molar-refractivity contribution in [3.8, 4) is 0 Å². The molecule has 1 aliphatic rings. The summed E-state index contributed by atoms with van der Waals surface area (Å²) in [6, 6.07) is 6.11. The minimum atomic E-state index is -3.56. The zero-order valence-corrected chi connectivity index (χ0v) is 15.9. The summed E-state index contributed by atoms with van der Waals surface area (Å²) in [4.78, 5) is 12.6. The predicted molar refractivity (Wildman–Crippen MR) is 96.1 cm³/mol. The molecule has 0 aromatic heterocycles. The van der Waals surface area contributed by atoms with Crippen molar-refractivity contribution in [1.82, 2.24) is 14.9 Å². The molecule has 0 unspecified atom stereocenters. The van der Waals surface area contributed by atoms with Gasteiger partial charge < -0.3 is 15.4 Å². The van der Waals surface area contributed by atoms with Crippen molar-refractivity contribution in [1.29, 1.82) is 0 Å². The number of nitrogens with one attached hydrogen (secondary N) is 2. The Kier molecular flexibility index (Phi) is 6.56. The molecule has 1 heterocycles. The molecule has 1 aromatic carbocycles. The van der Waals surface area contributed by atoms with Gasteiger partial charge in [0, 0.05) is 38.7 Å². The Morgan fingerprint density at radius 2 is 2.00 bits per heavy atom. The van der Waals surface area contributed by atoms with Crippen molar-refractivity contribution >= 4 is 15.9 Å². The molecule has 1 saturated heterocycles. The molecule has 1 fully saturated rings. The van der Waals surface area contributed by atoms with Crippen LogP contribution in [0.15, 0.2) is 29.2 Å². The van der Waals surface area contributed by atoms with E-state index in [4.69, 9.17) is 4.74 Å². The Hall–Kier alpha value is -1.48. The standard InChI is InChI=1S/C17H27N3O4S/c1-20(2)25(22,23)15-6-4-5-14(11-15)16(21)19-12-17(13-24-3)7-9-18-10-8-17/h4-6,11,18H,7-10,12-13H2,1-3H3,(H,19,21). The van der Waals surface area contributed by atoms with Gasteiger partial charge in [-0.15, -0.1) is 0 Å². The number of sulfonamides is 1. The van der Waals surface area contributed by atoms with Gasteiger partial charge in [-0.05, 0) is 44.1 Å². The molecule has 7 nitrogen and oxygen atoms in total. The smallest absolute Gasteiger partial charge is 0.251 e. The summed E-state index contributed by atoms with van der Waals surface area (Å²) in [7, 11) is 1.04. The highest BCUT2D eigenvalue weighted by atomic mass is 32.2. The predicted octanol–water partition coefficient (Wildman–Crippen LogP) is 0.683. The fourth-order valence-electron chi connectivity index (χ4n) is 3.01. The molecule has 0 radical (unpaired) electrons. The van der Waals surface area contributed by atoms with Crippen molar-refractivity contribution in [3.63, 3.8) is 0 Å². The highest BCUT2D eigenvalue weighted by molar-refractivity contribution is 7.89. The number of hydrogen-bond acceptors (Lipinski definition) is 5. The van der Waals surface area contributed by atoms with Crippen LogP contribution in [0, 0.1) is 5.41 Å². The molecule has 25 heavy (non-hydrogen) atoms. The molecule has 0 spiro atoms. The number of carbonyl (C=O) groups excluding carboxylic acids is 1. The summed E-state index contributed by atoms with van der Waals surface area (Å²) in [5.74, 6) is -0.273. The number of methoxy groups -OCH3 is 1. The summed E-state index contributed by atoms with van der Waals surface area (Å²) < 4.78 is 30.9. The number of carbonyl (C=O) groups is 1. The fraction of sp³-hybridized carbons (Fsp3) is 0.588. The van der Waals surface area contributed by atoms with Crippen LogP contribution in [0.2, 0.25) is 0 Å². The fourth-order valence-corrected chi connectivity index (χ4v) is 3.96. The van der Waals surface area contributed by atoms with Gasteiger partial charge in [-0.2, -0.15) is 0 Å². The summed E-state index contributed by atoms with van der Waals surface area (Å²) in [6.45, 7) is 2.89. The minimum Gasteiger partial charge on any atom is -0.384 e. The highest BCUT2D eigenvalue weighted by Crippen LogP contribution is 2.28. The van der Waals surface area contributed by atoms with Gasteiger partial charge in [0.1, 0.15) is 0 Å². The Balaban J connectivity index is 2.10. The van der Waals surface area contributed by atoms with E-state index in [0.717, 1.165) is 30.2 Å². The van der Waals surface area contributed by atoms with Crippen molar-refractivity contribution in [2.75, 3.05) is 47.4 Å². The van der Waals surface area contributed by atoms with Crippen LogP contribution in [0.4, 0.5) is 0 Å². The molecule has 1 aliphatic heterocycles. The van der Waals surface area contributed by atoms with Gasteiger partial charge in [0.25, 0.3) is 5.91 Å². The molecule has 0 bridgehead atoms. The first kappa shape index (κ1) is 19.8. The van der Waals surface area contributed by atoms with E-state index < -0.39 is 10.0 Å². The van der Waals surface area contributed by atoms with Crippen LogP contribution in [-0.2, 0) is 14.8 Å². The number of nitrogens with zero attached hydrogens (tertiary/aromatic N) is 1. The third-order valence-corrected chi connectivity index (χ3v) is 6.42. The highest BCUT2D eigenvalue weighted by Gasteiger charge is 2.32. The second-order valence-electron chi connectivity index (χ2n) is 6.68. The van der Waals surface area contributed by atoms with Gasteiger partial charge in [0.2, 0.25) is 10.0 Å². The Labute approximate surface area is 149 Å². The first-order valence-corrected chi connectivity index (χ1v) is 9.75. The topological polar surface area (TPSA) is 87.7 Å². The van der Waals surface area contributed by atoms with E-state index in [9.17, 15) is 13.2 Å². The van der Waals surface area contributed by atoms with E-state index in [2.05, 4.69) is 10.6 Å². The molecule has 2 rings (SSSR count). The Morgan fingerprint density at radius 1 is 1.32 bits per heavy atom. The first-order chi connectivity index (χ1) is 11.8. The average molecular weight is 369 g/mol. The molecule has 1 amide bonds. The zero-order valence-electron chi connectivity index (χ0n) is 15.0. The van der Waals surface area contributed by atoms with Gasteiger partial charge in [0.05, 0.1) is 11.5 Å². The van der Waals surface area contributed by atoms with Crippen LogP contribution in [0.3, 0.4) is 0 Å². The third-order valence-electron chi connectivity index (χ3n) is 4.61. The van der Waals surface area contributed by atoms with Crippen LogP contribution in [-0.4, -0.2) is 66.1 Å². The number of rotatable bonds is 7. The molecule has 8 heteroatoms. The zero-order chi connectivity index (χ0) is 18.5. The van der Waals surface area contributed by atoms with E-state index in [-0.39, 0.29) is 16.2 Å². The van der Waals surface area contributed by atoms with Crippen LogP contribution >= 0.6 is 0 Å². The maximum atomic E-state index is 12.5. The van der Waals surface area contributed by atoms with Crippen LogP contribution in [0.25, 0.3) is 0 Å². The lowest BCUT2D eigenvalue weighted by molar-refractivity contribution is 0.0511. The van der Waals surface area contributed by atoms with Crippen molar-refractivity contribution in [3.05, 3.63) is 29.8 Å². The Bertz CT molecular complexity index is 692. The Morgan fingerprint density at radius 3 is 2.60 bits per heavy atom. The first-order valence-electron chi connectivity index (χ1n) is 8.31. The minimum absolute atomic E-state index is 0.0804. The molecule has 1 aromatic rings. The number of hydrogen-bond donors (Lipinski definition) is 2. The van der Waals surface area contributed by atoms with E-state index in [1.54, 1.807) is 19.2 Å². The molecule has 0 saturated carbocycles. The lowest BCUT2D eigenvalue weighted by atomic mass is 9.79. The lowest BCUT2D eigenvalue weighted by Crippen LogP contribution is -2.47. The summed E-state index contributed by atoms with van der Waals surface area (Å²) in [6.07, 6.45) is 1.85. The van der Waals surface area contributed by atoms with E-state index in [1.165, 1.54) is 26.2 Å². The van der Waals surface area contributed by atoms with E-state index in [0.29, 0.717) is 18.7 Å². The summed E-state index contributed by atoms with van der Waals surface area (Å²) in [5, 5.41) is 6.26. The normalized spacial score (nSPS) is 17.4. The summed E-state index contributed by atoms with van der Waals surface area (Å²) in [5.41, 5.74) is 0.257. The average Bonchev–Trinajstić information content (AvgIpc) is 2.61. The SMILES string of the molecule is COCC1(CNC(=O)c2cccc(S(=O)(=O)N(C)C)c2)CCNCC1. The monoisotopic (exact) mass is 369 g/mol. The van der Waals surface area contributed by atoms with Crippen molar-refractivity contribution < 1.29 is 17.9 Å². The third kappa shape index (κ3) is 4.78. The molecule has 0 aliphatic carbocycles. The number of ether oxygens (including phenoxy) is 1. The molecular formula is C17H27N3O4S. The van der Waals surface area contributed by atoms with Gasteiger partial charge in [-0.25, -0.2) is 12.7 Å². The number of benzene rings is 1. The van der Waals surface area contributed by atoms with Crippen LogP contribution < -0.4 is 10.6 Å². The van der Waals surface area contributed by atoms with Crippen molar-refractivity contribution in [2.45, 2.75) is 17.7 Å². The van der Waals surface area contributed by atoms with Gasteiger partial charge in [0.15, 0.2) is 0 Å². The maximum absolute atomic E-state index is 12.5. The van der Waals surface area contributed by atoms with Gasteiger partial charge in [-0.1, -0.05) is 6.07 Å². The quantitative estimate of drug-likeness (QED) is 0.738. The maximum Gasteiger partial charge on any atom is 0.251 e. The van der Waals surface area contributed by atoms with Crippen molar-refractivity contribution in [2.24, 2.45) is 5.41 Å².